The third-order valence-electron chi connectivity index (χ3n) is 3.51. The molecule has 4 nitrogen and oxygen atoms in total. The second kappa shape index (κ2) is 6.22. The predicted octanol–water partition coefficient (Wildman–Crippen LogP) is 4.93. The van der Waals surface area contributed by atoms with Crippen LogP contribution in [-0.2, 0) is 11.2 Å². The number of fused-ring (bicyclic) bond motifs is 1. The van der Waals surface area contributed by atoms with E-state index >= 15 is 0 Å². The Hall–Kier alpha value is -2.04. The lowest BCUT2D eigenvalue weighted by Gasteiger charge is -2.05. The summed E-state index contributed by atoms with van der Waals surface area (Å²) in [7, 11) is 0. The standard InChI is InChI=1S/C17H14Cl2N2O2/c1-9-5-10(2)17-12(6-9)15(21-23-17)8-16(22)20-11-3-4-13(18)14(19)7-11/h3-7H,8H2,1-2H3,(H,20,22). The van der Waals surface area contributed by atoms with E-state index in [9.17, 15) is 4.79 Å². The maximum Gasteiger partial charge on any atom is 0.230 e. The molecule has 23 heavy (non-hydrogen) atoms. The van der Waals surface area contributed by atoms with Crippen molar-refractivity contribution in [3.8, 4) is 0 Å². The molecule has 6 heteroatoms. The Morgan fingerprint density at radius 2 is 1.96 bits per heavy atom. The normalized spacial score (nSPS) is 11.0. The van der Waals surface area contributed by atoms with Crippen molar-refractivity contribution in [3.63, 3.8) is 0 Å². The molecule has 1 aromatic heterocycles. The highest BCUT2D eigenvalue weighted by molar-refractivity contribution is 6.42. The molecule has 2 aromatic carbocycles. The number of hydrogen-bond acceptors (Lipinski definition) is 3. The lowest BCUT2D eigenvalue weighted by atomic mass is 10.1. The van der Waals surface area contributed by atoms with Crippen LogP contribution in [0.3, 0.4) is 0 Å². The van der Waals surface area contributed by atoms with E-state index in [1.807, 2.05) is 26.0 Å². The van der Waals surface area contributed by atoms with Crippen LogP contribution in [0, 0.1) is 13.8 Å². The number of carbonyl (C=O) groups excluding carboxylic acids is 1. The SMILES string of the molecule is Cc1cc(C)c2onc(CC(=O)Nc3ccc(Cl)c(Cl)c3)c2c1. The molecule has 0 spiro atoms. The Labute approximate surface area is 143 Å². The highest BCUT2D eigenvalue weighted by Crippen LogP contribution is 2.26. The number of nitrogens with one attached hydrogen (secondary N) is 1. The third-order valence-corrected chi connectivity index (χ3v) is 4.25. The molecule has 1 heterocycles. The summed E-state index contributed by atoms with van der Waals surface area (Å²) >= 11 is 11.8. The van der Waals surface area contributed by atoms with Crippen LogP contribution in [0.25, 0.3) is 11.0 Å². The number of halogens is 2. The van der Waals surface area contributed by atoms with E-state index in [0.717, 1.165) is 16.5 Å². The molecule has 0 fully saturated rings. The van der Waals surface area contributed by atoms with Gasteiger partial charge in [-0.25, -0.2) is 0 Å². The monoisotopic (exact) mass is 348 g/mol. The van der Waals surface area contributed by atoms with E-state index in [2.05, 4.69) is 10.5 Å². The first-order chi connectivity index (χ1) is 10.9. The molecule has 0 aliphatic rings. The molecule has 1 amide bonds. The van der Waals surface area contributed by atoms with Gasteiger partial charge < -0.3 is 9.84 Å². The van der Waals surface area contributed by atoms with E-state index < -0.39 is 0 Å². The molecular weight excluding hydrogens is 335 g/mol. The second-order valence-corrected chi connectivity index (χ2v) is 6.26. The number of carbonyl (C=O) groups is 1. The first-order valence-electron chi connectivity index (χ1n) is 7.04. The fraction of sp³-hybridized carbons (Fsp3) is 0.176. The van der Waals surface area contributed by atoms with Gasteiger partial charge in [0.25, 0.3) is 0 Å². The molecular formula is C17H14Cl2N2O2. The Balaban J connectivity index is 1.81. The van der Waals surface area contributed by atoms with Crippen molar-refractivity contribution < 1.29 is 9.32 Å². The predicted molar refractivity (Wildman–Crippen MR) is 92.3 cm³/mol. The van der Waals surface area contributed by atoms with E-state index in [1.165, 1.54) is 0 Å². The van der Waals surface area contributed by atoms with Gasteiger partial charge in [0.2, 0.25) is 5.91 Å². The third kappa shape index (κ3) is 3.33. The summed E-state index contributed by atoms with van der Waals surface area (Å²) in [5.74, 6) is -0.197. The minimum atomic E-state index is -0.197. The number of hydrogen-bond donors (Lipinski definition) is 1. The fourth-order valence-electron chi connectivity index (χ4n) is 2.50. The lowest BCUT2D eigenvalue weighted by Crippen LogP contribution is -2.14. The summed E-state index contributed by atoms with van der Waals surface area (Å²) in [6.07, 6.45) is 0.121. The molecule has 118 valence electrons. The molecule has 0 bridgehead atoms. The smallest absolute Gasteiger partial charge is 0.230 e. The Morgan fingerprint density at radius 1 is 1.17 bits per heavy atom. The van der Waals surface area contributed by atoms with Gasteiger partial charge >= 0.3 is 0 Å². The number of benzene rings is 2. The molecule has 0 unspecified atom stereocenters. The average Bonchev–Trinajstić information content (AvgIpc) is 2.86. The maximum absolute atomic E-state index is 12.2. The molecule has 0 saturated carbocycles. The van der Waals surface area contributed by atoms with Crippen molar-refractivity contribution in [2.45, 2.75) is 20.3 Å². The molecule has 0 saturated heterocycles. The van der Waals surface area contributed by atoms with E-state index in [4.69, 9.17) is 27.7 Å². The fourth-order valence-corrected chi connectivity index (χ4v) is 2.80. The van der Waals surface area contributed by atoms with Crippen LogP contribution in [0.2, 0.25) is 10.0 Å². The summed E-state index contributed by atoms with van der Waals surface area (Å²) in [5, 5.41) is 8.51. The highest BCUT2D eigenvalue weighted by atomic mass is 35.5. The summed E-state index contributed by atoms with van der Waals surface area (Å²) in [4.78, 5) is 12.2. The van der Waals surface area contributed by atoms with Gasteiger partial charge in [-0.05, 0) is 49.2 Å². The van der Waals surface area contributed by atoms with Gasteiger partial charge in [0, 0.05) is 11.1 Å². The van der Waals surface area contributed by atoms with Gasteiger partial charge in [-0.2, -0.15) is 0 Å². The van der Waals surface area contributed by atoms with E-state index in [0.29, 0.717) is 27.0 Å². The molecule has 0 radical (unpaired) electrons. The number of anilines is 1. The van der Waals surface area contributed by atoms with Gasteiger partial charge in [0.1, 0.15) is 5.69 Å². The van der Waals surface area contributed by atoms with Crippen LogP contribution < -0.4 is 5.32 Å². The Bertz CT molecular complexity index is 903. The number of aryl methyl sites for hydroxylation is 2. The molecule has 1 N–H and O–H groups in total. The zero-order chi connectivity index (χ0) is 16.6. The van der Waals surface area contributed by atoms with Gasteiger partial charge in [0.05, 0.1) is 16.5 Å². The second-order valence-electron chi connectivity index (χ2n) is 5.44. The quantitative estimate of drug-likeness (QED) is 0.729. The number of nitrogens with zero attached hydrogens (tertiary/aromatic N) is 1. The largest absolute Gasteiger partial charge is 0.356 e. The summed E-state index contributed by atoms with van der Waals surface area (Å²) in [6, 6.07) is 8.93. The first kappa shape index (κ1) is 15.8. The van der Waals surface area contributed by atoms with Gasteiger partial charge in [-0.1, -0.05) is 34.4 Å². The zero-order valence-corrected chi connectivity index (χ0v) is 14.1. The van der Waals surface area contributed by atoms with Gasteiger partial charge in [-0.3, -0.25) is 4.79 Å². The van der Waals surface area contributed by atoms with Crippen molar-refractivity contribution in [2.75, 3.05) is 5.32 Å². The number of amides is 1. The minimum absolute atomic E-state index is 0.121. The van der Waals surface area contributed by atoms with Gasteiger partial charge in [-0.15, -0.1) is 0 Å². The molecule has 0 aliphatic heterocycles. The first-order valence-corrected chi connectivity index (χ1v) is 7.80. The van der Waals surface area contributed by atoms with Crippen LogP contribution in [0.1, 0.15) is 16.8 Å². The van der Waals surface area contributed by atoms with E-state index in [-0.39, 0.29) is 12.3 Å². The molecule has 0 atom stereocenters. The van der Waals surface area contributed by atoms with Crippen molar-refractivity contribution in [2.24, 2.45) is 0 Å². The van der Waals surface area contributed by atoms with Crippen LogP contribution in [-0.4, -0.2) is 11.1 Å². The van der Waals surface area contributed by atoms with Crippen LogP contribution in [0.5, 0.6) is 0 Å². The van der Waals surface area contributed by atoms with Gasteiger partial charge in [0.15, 0.2) is 5.58 Å². The van der Waals surface area contributed by atoms with Crippen molar-refractivity contribution in [1.29, 1.82) is 0 Å². The Kier molecular flexibility index (Phi) is 4.28. The number of aromatic nitrogens is 1. The molecule has 0 aliphatic carbocycles. The van der Waals surface area contributed by atoms with Crippen LogP contribution in [0.4, 0.5) is 5.69 Å². The highest BCUT2D eigenvalue weighted by Gasteiger charge is 2.15. The topological polar surface area (TPSA) is 55.1 Å². The molecule has 3 rings (SSSR count). The van der Waals surface area contributed by atoms with Crippen molar-refractivity contribution in [1.82, 2.24) is 5.16 Å². The van der Waals surface area contributed by atoms with Crippen LogP contribution >= 0.6 is 23.2 Å². The average molecular weight is 349 g/mol. The Morgan fingerprint density at radius 3 is 2.70 bits per heavy atom. The lowest BCUT2D eigenvalue weighted by molar-refractivity contribution is -0.115. The van der Waals surface area contributed by atoms with E-state index in [1.54, 1.807) is 18.2 Å². The van der Waals surface area contributed by atoms with Crippen molar-refractivity contribution in [3.05, 3.63) is 57.2 Å². The zero-order valence-electron chi connectivity index (χ0n) is 12.6. The number of rotatable bonds is 3. The van der Waals surface area contributed by atoms with Crippen molar-refractivity contribution >= 4 is 45.8 Å². The molecule has 3 aromatic rings. The van der Waals surface area contributed by atoms with Crippen LogP contribution in [0.15, 0.2) is 34.9 Å². The summed E-state index contributed by atoms with van der Waals surface area (Å²) < 4.78 is 5.35. The summed E-state index contributed by atoms with van der Waals surface area (Å²) in [5.41, 5.74) is 4.02. The maximum atomic E-state index is 12.2. The summed E-state index contributed by atoms with van der Waals surface area (Å²) in [6.45, 7) is 3.96. The minimum Gasteiger partial charge on any atom is -0.356 e.